The van der Waals surface area contributed by atoms with Crippen molar-refractivity contribution in [3.63, 3.8) is 0 Å². The zero-order valence-corrected chi connectivity index (χ0v) is 15.0. The Balaban J connectivity index is 1.66. The molecule has 124 valence electrons. The molecular formula is C19H15BrN4O. The van der Waals surface area contributed by atoms with Crippen LogP contribution in [-0.2, 0) is 4.79 Å². The van der Waals surface area contributed by atoms with Crippen LogP contribution in [0.1, 0.15) is 17.0 Å². The molecule has 1 aliphatic heterocycles. The number of aromatic nitrogens is 2. The molecule has 2 heterocycles. The number of halogens is 1. The summed E-state index contributed by atoms with van der Waals surface area (Å²) < 4.78 is 0.776. The van der Waals surface area contributed by atoms with Gasteiger partial charge in [0.15, 0.2) is 5.82 Å². The van der Waals surface area contributed by atoms with Crippen molar-refractivity contribution in [3.8, 4) is 11.3 Å². The molecule has 6 heteroatoms. The number of H-pyrrole nitrogens is 1. The molecule has 4 rings (SSSR count). The van der Waals surface area contributed by atoms with Gasteiger partial charge in [0.05, 0.1) is 10.2 Å². The summed E-state index contributed by atoms with van der Waals surface area (Å²) in [6.45, 7) is 2.00. The average molecular weight is 395 g/mol. The number of benzene rings is 2. The maximum Gasteiger partial charge on any atom is 0.237 e. The minimum Gasteiger partial charge on any atom is -0.325 e. The molecule has 0 bridgehead atoms. The van der Waals surface area contributed by atoms with Gasteiger partial charge in [0.2, 0.25) is 5.91 Å². The highest BCUT2D eigenvalue weighted by Gasteiger charge is 2.30. The van der Waals surface area contributed by atoms with Crippen LogP contribution in [-0.4, -0.2) is 22.3 Å². The fourth-order valence-electron chi connectivity index (χ4n) is 3.03. The van der Waals surface area contributed by atoms with Gasteiger partial charge in [-0.15, -0.1) is 0 Å². The largest absolute Gasteiger partial charge is 0.325 e. The molecule has 0 fully saturated rings. The molecule has 1 aromatic heterocycles. The number of anilines is 1. The van der Waals surface area contributed by atoms with Crippen LogP contribution in [0.15, 0.2) is 58.0 Å². The van der Waals surface area contributed by atoms with E-state index >= 15 is 0 Å². The van der Waals surface area contributed by atoms with E-state index in [0.717, 1.165) is 32.5 Å². The zero-order chi connectivity index (χ0) is 17.4. The highest BCUT2D eigenvalue weighted by molar-refractivity contribution is 9.10. The van der Waals surface area contributed by atoms with Crippen molar-refractivity contribution < 1.29 is 4.79 Å². The van der Waals surface area contributed by atoms with E-state index in [1.54, 1.807) is 6.21 Å². The Labute approximate surface area is 153 Å². The Bertz CT molecular complexity index is 978. The molecule has 1 aliphatic rings. The van der Waals surface area contributed by atoms with Crippen LogP contribution in [0.4, 0.5) is 11.5 Å². The minimum atomic E-state index is -0.403. The molecule has 0 spiro atoms. The maximum atomic E-state index is 12.3. The lowest BCUT2D eigenvalue weighted by molar-refractivity contribution is -0.115. The van der Waals surface area contributed by atoms with Gasteiger partial charge >= 0.3 is 0 Å². The van der Waals surface area contributed by atoms with Crippen LogP contribution in [0.5, 0.6) is 0 Å². The fourth-order valence-corrected chi connectivity index (χ4v) is 3.54. The summed E-state index contributed by atoms with van der Waals surface area (Å²) in [7, 11) is 0. The van der Waals surface area contributed by atoms with Gasteiger partial charge in [-0.3, -0.25) is 9.89 Å². The molecule has 0 radical (unpaired) electrons. The van der Waals surface area contributed by atoms with Gasteiger partial charge in [-0.25, -0.2) is 4.99 Å². The van der Waals surface area contributed by atoms with E-state index in [0.29, 0.717) is 5.82 Å². The lowest BCUT2D eigenvalue weighted by Gasteiger charge is -2.05. The van der Waals surface area contributed by atoms with Crippen LogP contribution in [0.3, 0.4) is 0 Å². The van der Waals surface area contributed by atoms with Crippen molar-refractivity contribution in [2.45, 2.75) is 12.8 Å². The first-order chi connectivity index (χ1) is 12.1. The second-order valence-electron chi connectivity index (χ2n) is 5.88. The quantitative estimate of drug-likeness (QED) is 0.637. The molecule has 25 heavy (non-hydrogen) atoms. The summed E-state index contributed by atoms with van der Waals surface area (Å²) in [6.07, 6.45) is 1.66. The number of fused-ring (bicyclic) bond motifs is 1. The summed E-state index contributed by atoms with van der Waals surface area (Å²) in [5.41, 5.74) is 4.78. The van der Waals surface area contributed by atoms with Crippen molar-refractivity contribution in [3.05, 3.63) is 64.1 Å². The van der Waals surface area contributed by atoms with Crippen LogP contribution in [0.2, 0.25) is 0 Å². The highest BCUT2D eigenvalue weighted by atomic mass is 79.9. The molecule has 1 unspecified atom stereocenters. The van der Waals surface area contributed by atoms with Crippen LogP contribution >= 0.6 is 15.9 Å². The molecule has 3 aromatic rings. The van der Waals surface area contributed by atoms with Gasteiger partial charge in [0, 0.05) is 17.5 Å². The van der Waals surface area contributed by atoms with E-state index in [1.165, 1.54) is 0 Å². The Morgan fingerprint density at radius 2 is 1.96 bits per heavy atom. The van der Waals surface area contributed by atoms with Crippen LogP contribution in [0.25, 0.3) is 11.3 Å². The number of rotatable bonds is 3. The third kappa shape index (κ3) is 2.78. The normalized spacial score (nSPS) is 16.2. The first-order valence-corrected chi connectivity index (χ1v) is 8.68. The van der Waals surface area contributed by atoms with Crippen molar-refractivity contribution in [2.24, 2.45) is 4.99 Å². The van der Waals surface area contributed by atoms with Gasteiger partial charge in [0.25, 0.3) is 0 Å². The highest BCUT2D eigenvalue weighted by Crippen LogP contribution is 2.36. The molecule has 0 aliphatic carbocycles. The minimum absolute atomic E-state index is 0.0667. The summed E-state index contributed by atoms with van der Waals surface area (Å²) in [6, 6.07) is 15.7. The summed E-state index contributed by atoms with van der Waals surface area (Å²) in [4.78, 5) is 16.7. The van der Waals surface area contributed by atoms with E-state index in [2.05, 4.69) is 36.4 Å². The van der Waals surface area contributed by atoms with Crippen molar-refractivity contribution in [1.82, 2.24) is 10.2 Å². The van der Waals surface area contributed by atoms with Gasteiger partial charge in [-0.05, 0) is 40.0 Å². The third-order valence-electron chi connectivity index (χ3n) is 4.27. The number of nitrogens with zero attached hydrogens (tertiary/aromatic N) is 2. The SMILES string of the molecule is Cc1cccc2c1C(C=Nc1n[nH]c(-c3ccccc3)c1Br)C(=O)N2. The van der Waals surface area contributed by atoms with Crippen molar-refractivity contribution >= 4 is 39.6 Å². The maximum absolute atomic E-state index is 12.3. The summed E-state index contributed by atoms with van der Waals surface area (Å²) in [5.74, 6) is 0.0525. The molecule has 2 aromatic carbocycles. The Morgan fingerprint density at radius 3 is 2.76 bits per heavy atom. The number of hydrogen-bond acceptors (Lipinski definition) is 3. The molecule has 0 saturated carbocycles. The monoisotopic (exact) mass is 394 g/mol. The van der Waals surface area contributed by atoms with Crippen LogP contribution < -0.4 is 5.32 Å². The van der Waals surface area contributed by atoms with Gasteiger partial charge < -0.3 is 5.32 Å². The Morgan fingerprint density at radius 1 is 1.16 bits per heavy atom. The van der Waals surface area contributed by atoms with E-state index in [1.807, 2.05) is 55.5 Å². The Kier molecular flexibility index (Phi) is 3.97. The van der Waals surface area contributed by atoms with E-state index in [9.17, 15) is 4.79 Å². The zero-order valence-electron chi connectivity index (χ0n) is 13.5. The predicted molar refractivity (Wildman–Crippen MR) is 102 cm³/mol. The third-order valence-corrected chi connectivity index (χ3v) is 5.02. The van der Waals surface area contributed by atoms with Gasteiger partial charge in [0.1, 0.15) is 5.92 Å². The number of nitrogens with one attached hydrogen (secondary N) is 2. The average Bonchev–Trinajstić information content (AvgIpc) is 3.14. The number of aliphatic imine (C=N–C) groups is 1. The number of carbonyl (C=O) groups excluding carboxylic acids is 1. The smallest absolute Gasteiger partial charge is 0.237 e. The molecular weight excluding hydrogens is 380 g/mol. The number of aryl methyl sites for hydroxylation is 1. The summed E-state index contributed by atoms with van der Waals surface area (Å²) >= 11 is 3.55. The molecule has 2 N–H and O–H groups in total. The second kappa shape index (κ2) is 6.29. The van der Waals surface area contributed by atoms with E-state index in [-0.39, 0.29) is 5.91 Å². The number of carbonyl (C=O) groups is 1. The lowest BCUT2D eigenvalue weighted by Crippen LogP contribution is -2.13. The Hall–Kier alpha value is -2.73. The molecule has 5 nitrogen and oxygen atoms in total. The predicted octanol–water partition coefficient (Wildman–Crippen LogP) is 4.59. The van der Waals surface area contributed by atoms with E-state index in [4.69, 9.17) is 0 Å². The molecule has 0 saturated heterocycles. The number of hydrogen-bond donors (Lipinski definition) is 2. The molecule has 1 atom stereocenters. The number of amides is 1. The second-order valence-corrected chi connectivity index (χ2v) is 6.68. The fraction of sp³-hybridized carbons (Fsp3) is 0.105. The first-order valence-electron chi connectivity index (χ1n) is 7.89. The van der Waals surface area contributed by atoms with Crippen molar-refractivity contribution in [1.29, 1.82) is 0 Å². The lowest BCUT2D eigenvalue weighted by atomic mass is 9.97. The number of aromatic amines is 1. The molecule has 1 amide bonds. The summed E-state index contributed by atoms with van der Waals surface area (Å²) in [5, 5.41) is 10.2. The van der Waals surface area contributed by atoms with Gasteiger partial charge in [-0.2, -0.15) is 5.10 Å². The topological polar surface area (TPSA) is 70.1 Å². The van der Waals surface area contributed by atoms with Gasteiger partial charge in [-0.1, -0.05) is 42.5 Å². The van der Waals surface area contributed by atoms with Crippen molar-refractivity contribution in [2.75, 3.05) is 5.32 Å². The van der Waals surface area contributed by atoms with Crippen LogP contribution in [0, 0.1) is 6.92 Å². The van der Waals surface area contributed by atoms with E-state index < -0.39 is 5.92 Å². The standard InChI is InChI=1S/C19H15BrN4O/c1-11-6-5-9-14-15(11)13(19(25)22-14)10-21-18-16(20)17(23-24-18)12-7-3-2-4-8-12/h2-10,13H,1H3,(H,22,25)(H,23,24). The first kappa shape index (κ1) is 15.8.